The lowest BCUT2D eigenvalue weighted by Gasteiger charge is -2.25. The smallest absolute Gasteiger partial charge is 0.219 e. The van der Waals surface area contributed by atoms with E-state index in [0.29, 0.717) is 5.88 Å². The van der Waals surface area contributed by atoms with E-state index < -0.39 is 0 Å². The highest BCUT2D eigenvalue weighted by molar-refractivity contribution is 5.61. The van der Waals surface area contributed by atoms with Gasteiger partial charge in [0, 0.05) is 23.2 Å². The summed E-state index contributed by atoms with van der Waals surface area (Å²) in [4.78, 5) is 9.19. The van der Waals surface area contributed by atoms with Gasteiger partial charge in [-0.05, 0) is 35.9 Å². The lowest BCUT2D eigenvalue weighted by atomic mass is 9.81. The van der Waals surface area contributed by atoms with Crippen LogP contribution in [0.4, 0.5) is 0 Å². The van der Waals surface area contributed by atoms with E-state index in [-0.39, 0.29) is 5.41 Å². The summed E-state index contributed by atoms with van der Waals surface area (Å²) >= 11 is 0. The normalized spacial score (nSPS) is 11.2. The van der Waals surface area contributed by atoms with E-state index in [1.165, 1.54) is 5.56 Å². The van der Waals surface area contributed by atoms with Crippen molar-refractivity contribution in [3.63, 3.8) is 0 Å². The first-order valence-electron chi connectivity index (χ1n) is 9.35. The Kier molecular flexibility index (Phi) is 4.90. The lowest BCUT2D eigenvalue weighted by Crippen LogP contribution is -2.20. The Morgan fingerprint density at radius 1 is 0.750 bits per heavy atom. The molecular weight excluding hydrogens is 344 g/mol. The topological polar surface area (TPSA) is 35.0 Å². The Morgan fingerprint density at radius 2 is 1.54 bits per heavy atom. The first-order valence-corrected chi connectivity index (χ1v) is 9.35. The van der Waals surface area contributed by atoms with Crippen LogP contribution in [0.3, 0.4) is 0 Å². The van der Waals surface area contributed by atoms with Crippen LogP contribution < -0.4 is 4.74 Å². The van der Waals surface area contributed by atoms with E-state index in [4.69, 9.17) is 9.72 Å². The van der Waals surface area contributed by atoms with Gasteiger partial charge in [-0.2, -0.15) is 0 Å². The van der Waals surface area contributed by atoms with E-state index in [0.717, 1.165) is 22.7 Å². The number of rotatable bonds is 5. The molecule has 0 aliphatic heterocycles. The third kappa shape index (κ3) is 3.79. The fourth-order valence-electron chi connectivity index (χ4n) is 3.20. The zero-order chi connectivity index (χ0) is 19.4. The molecule has 0 N–H and O–H groups in total. The highest BCUT2D eigenvalue weighted by Crippen LogP contribution is 2.32. The summed E-state index contributed by atoms with van der Waals surface area (Å²) in [6.07, 6.45) is 1.79. The molecule has 2 heterocycles. The second-order valence-electron chi connectivity index (χ2n) is 7.20. The average Bonchev–Trinajstić information content (AvgIpc) is 2.75. The number of hydrogen-bond acceptors (Lipinski definition) is 3. The van der Waals surface area contributed by atoms with Crippen LogP contribution in [0.2, 0.25) is 0 Å². The molecule has 0 spiro atoms. The number of benzene rings is 2. The summed E-state index contributed by atoms with van der Waals surface area (Å²) in [6.45, 7) is 4.35. The number of aromatic nitrogens is 2. The predicted molar refractivity (Wildman–Crippen MR) is 113 cm³/mol. The summed E-state index contributed by atoms with van der Waals surface area (Å²) in [7, 11) is 0. The largest absolute Gasteiger partial charge is 0.439 e. The molecule has 0 radical (unpaired) electrons. The fourth-order valence-corrected chi connectivity index (χ4v) is 3.20. The molecule has 4 aromatic rings. The molecule has 0 amide bonds. The third-order valence-corrected chi connectivity index (χ3v) is 4.88. The van der Waals surface area contributed by atoms with Gasteiger partial charge in [0.25, 0.3) is 0 Å². The molecule has 2 aromatic heterocycles. The van der Waals surface area contributed by atoms with E-state index >= 15 is 0 Å². The van der Waals surface area contributed by atoms with Crippen LogP contribution in [-0.2, 0) is 5.41 Å². The standard InChI is InChI=1S/C25H22N2O/c1-25(2,20-11-4-3-5-12-20)23-15-9-16-24(27-23)28-21-13-8-10-19(18-21)22-14-6-7-17-26-22/h3-18H,1-2H3. The Morgan fingerprint density at radius 3 is 2.32 bits per heavy atom. The summed E-state index contributed by atoms with van der Waals surface area (Å²) in [5, 5.41) is 0. The van der Waals surface area contributed by atoms with Gasteiger partial charge in [0.05, 0.1) is 11.4 Å². The van der Waals surface area contributed by atoms with Gasteiger partial charge < -0.3 is 4.74 Å². The van der Waals surface area contributed by atoms with Crippen molar-refractivity contribution in [2.75, 3.05) is 0 Å². The Balaban J connectivity index is 1.61. The molecule has 0 saturated heterocycles. The minimum absolute atomic E-state index is 0.212. The van der Waals surface area contributed by atoms with Crippen LogP contribution in [0, 0.1) is 0 Å². The van der Waals surface area contributed by atoms with Crippen LogP contribution >= 0.6 is 0 Å². The van der Waals surface area contributed by atoms with Crippen molar-refractivity contribution in [2.45, 2.75) is 19.3 Å². The van der Waals surface area contributed by atoms with Crippen LogP contribution in [0.25, 0.3) is 11.3 Å². The van der Waals surface area contributed by atoms with Crippen molar-refractivity contribution in [3.05, 3.63) is 108 Å². The molecule has 2 aromatic carbocycles. The Hall–Kier alpha value is -3.46. The number of ether oxygens (including phenoxy) is 1. The third-order valence-electron chi connectivity index (χ3n) is 4.88. The van der Waals surface area contributed by atoms with Crippen molar-refractivity contribution < 1.29 is 4.74 Å². The second kappa shape index (κ2) is 7.65. The maximum Gasteiger partial charge on any atom is 0.219 e. The van der Waals surface area contributed by atoms with Gasteiger partial charge in [0.15, 0.2) is 0 Å². The molecule has 4 rings (SSSR count). The van der Waals surface area contributed by atoms with E-state index in [2.05, 4.69) is 43.1 Å². The highest BCUT2D eigenvalue weighted by Gasteiger charge is 2.24. The Labute approximate surface area is 165 Å². The SMILES string of the molecule is CC(C)(c1ccccc1)c1cccc(Oc2cccc(-c3ccccn3)c2)n1. The number of nitrogens with zero attached hydrogens (tertiary/aromatic N) is 2. The zero-order valence-electron chi connectivity index (χ0n) is 16.0. The zero-order valence-corrected chi connectivity index (χ0v) is 16.0. The van der Waals surface area contributed by atoms with Crippen LogP contribution in [0.1, 0.15) is 25.1 Å². The second-order valence-corrected chi connectivity index (χ2v) is 7.20. The van der Waals surface area contributed by atoms with Crippen molar-refractivity contribution in [2.24, 2.45) is 0 Å². The Bertz CT molecular complexity index is 1060. The molecule has 0 aliphatic rings. The predicted octanol–water partition coefficient (Wildman–Crippen LogP) is 6.26. The molecule has 0 saturated carbocycles. The van der Waals surface area contributed by atoms with Crippen molar-refractivity contribution >= 4 is 0 Å². The van der Waals surface area contributed by atoms with Crippen molar-refractivity contribution in [1.82, 2.24) is 9.97 Å². The van der Waals surface area contributed by atoms with Crippen molar-refractivity contribution in [1.29, 1.82) is 0 Å². The van der Waals surface area contributed by atoms with Gasteiger partial charge in [-0.15, -0.1) is 0 Å². The first kappa shape index (κ1) is 17.9. The van der Waals surface area contributed by atoms with Crippen LogP contribution in [0.5, 0.6) is 11.6 Å². The summed E-state index contributed by atoms with van der Waals surface area (Å²) in [5.74, 6) is 1.32. The number of hydrogen-bond donors (Lipinski definition) is 0. The van der Waals surface area contributed by atoms with Crippen LogP contribution in [-0.4, -0.2) is 9.97 Å². The lowest BCUT2D eigenvalue weighted by molar-refractivity contribution is 0.455. The molecular formula is C25H22N2O. The molecule has 0 atom stereocenters. The number of pyridine rings is 2. The van der Waals surface area contributed by atoms with E-state index in [1.807, 2.05) is 66.7 Å². The molecule has 0 bridgehead atoms. The minimum Gasteiger partial charge on any atom is -0.439 e. The summed E-state index contributed by atoms with van der Waals surface area (Å²) in [5.41, 5.74) is 3.91. The van der Waals surface area contributed by atoms with Gasteiger partial charge >= 0.3 is 0 Å². The fraction of sp³-hybridized carbons (Fsp3) is 0.120. The molecule has 0 aliphatic carbocycles. The molecule has 28 heavy (non-hydrogen) atoms. The summed E-state index contributed by atoms with van der Waals surface area (Å²) in [6, 6.07) is 30.1. The molecule has 3 heteroatoms. The average molecular weight is 366 g/mol. The van der Waals surface area contributed by atoms with Gasteiger partial charge in [-0.25, -0.2) is 4.98 Å². The van der Waals surface area contributed by atoms with Gasteiger partial charge in [0.2, 0.25) is 5.88 Å². The summed E-state index contributed by atoms with van der Waals surface area (Å²) < 4.78 is 6.07. The van der Waals surface area contributed by atoms with Crippen LogP contribution in [0.15, 0.2) is 97.2 Å². The van der Waals surface area contributed by atoms with E-state index in [9.17, 15) is 0 Å². The minimum atomic E-state index is -0.212. The monoisotopic (exact) mass is 366 g/mol. The van der Waals surface area contributed by atoms with Gasteiger partial charge in [-0.1, -0.05) is 68.4 Å². The molecule has 0 unspecified atom stereocenters. The molecule has 138 valence electrons. The first-order chi connectivity index (χ1) is 13.6. The van der Waals surface area contributed by atoms with E-state index in [1.54, 1.807) is 6.20 Å². The molecule has 0 fully saturated rings. The maximum atomic E-state index is 6.07. The van der Waals surface area contributed by atoms with Gasteiger partial charge in [-0.3, -0.25) is 4.98 Å². The highest BCUT2D eigenvalue weighted by atomic mass is 16.5. The maximum absolute atomic E-state index is 6.07. The van der Waals surface area contributed by atoms with Gasteiger partial charge in [0.1, 0.15) is 5.75 Å². The molecule has 3 nitrogen and oxygen atoms in total. The quantitative estimate of drug-likeness (QED) is 0.418. The van der Waals surface area contributed by atoms with Crippen molar-refractivity contribution in [3.8, 4) is 22.9 Å².